The van der Waals surface area contributed by atoms with Gasteiger partial charge < -0.3 is 9.97 Å². The zero-order valence-electron chi connectivity index (χ0n) is 16.0. The first kappa shape index (κ1) is 17.7. The number of aryl methyl sites for hydroxylation is 1. The molecule has 7 heteroatoms. The van der Waals surface area contributed by atoms with Gasteiger partial charge in [0.25, 0.3) is 5.91 Å². The van der Waals surface area contributed by atoms with Crippen LogP contribution >= 0.6 is 0 Å². The Morgan fingerprint density at radius 1 is 1.07 bits per heavy atom. The number of rotatable bonds is 4. The number of aromatic nitrogens is 2. The first-order chi connectivity index (χ1) is 14.2. The first-order valence-corrected chi connectivity index (χ1v) is 9.68. The number of fused-ring (bicyclic) bond motifs is 2. The molecular formula is C22H22N6O. The third-order valence-corrected chi connectivity index (χ3v) is 5.53. The van der Waals surface area contributed by atoms with Crippen LogP contribution in [0.5, 0.6) is 0 Å². The van der Waals surface area contributed by atoms with Gasteiger partial charge in [-0.3, -0.25) is 4.79 Å². The molecule has 0 aliphatic carbocycles. The van der Waals surface area contributed by atoms with Crippen LogP contribution in [0.1, 0.15) is 29.3 Å². The molecule has 146 valence electrons. The number of benzene rings is 2. The Hall–Kier alpha value is -3.42. The van der Waals surface area contributed by atoms with Crippen LogP contribution in [0.2, 0.25) is 0 Å². The number of hydrogen-bond acceptors (Lipinski definition) is 4. The summed E-state index contributed by atoms with van der Waals surface area (Å²) in [7, 11) is 0. The van der Waals surface area contributed by atoms with Gasteiger partial charge in [0.2, 0.25) is 0 Å². The fraction of sp³-hybridized carbons (Fsp3) is 0.182. The topological polar surface area (TPSA) is 97.1 Å². The SMILES string of the molecule is Cc1[nH]c2ccccc2c1/C=N/NC(=O)C1CC(c2c[nH]c3ccccc23)NN1. The molecule has 2 aromatic carbocycles. The van der Waals surface area contributed by atoms with Crippen molar-refractivity contribution >= 4 is 33.9 Å². The van der Waals surface area contributed by atoms with E-state index in [4.69, 9.17) is 0 Å². The molecule has 1 fully saturated rings. The third kappa shape index (κ3) is 3.20. The number of aromatic amines is 2. The molecule has 0 radical (unpaired) electrons. The molecule has 2 aromatic heterocycles. The van der Waals surface area contributed by atoms with E-state index in [-0.39, 0.29) is 18.0 Å². The van der Waals surface area contributed by atoms with E-state index in [0.29, 0.717) is 6.42 Å². The van der Waals surface area contributed by atoms with Crippen molar-refractivity contribution in [2.45, 2.75) is 25.4 Å². The second kappa shape index (κ2) is 7.20. The summed E-state index contributed by atoms with van der Waals surface area (Å²) in [5.41, 5.74) is 14.3. The van der Waals surface area contributed by atoms with E-state index >= 15 is 0 Å². The maximum absolute atomic E-state index is 12.6. The summed E-state index contributed by atoms with van der Waals surface area (Å²) >= 11 is 0. The minimum absolute atomic E-state index is 0.0572. The molecule has 29 heavy (non-hydrogen) atoms. The van der Waals surface area contributed by atoms with E-state index in [1.165, 1.54) is 5.39 Å². The van der Waals surface area contributed by atoms with E-state index < -0.39 is 0 Å². The van der Waals surface area contributed by atoms with Gasteiger partial charge in [0, 0.05) is 39.3 Å². The third-order valence-electron chi connectivity index (χ3n) is 5.53. The fourth-order valence-corrected chi connectivity index (χ4v) is 4.02. The number of H-pyrrole nitrogens is 2. The Bertz CT molecular complexity index is 1220. The molecule has 0 saturated carbocycles. The van der Waals surface area contributed by atoms with Crippen LogP contribution < -0.4 is 16.3 Å². The van der Waals surface area contributed by atoms with E-state index in [9.17, 15) is 4.79 Å². The van der Waals surface area contributed by atoms with Crippen molar-refractivity contribution in [3.63, 3.8) is 0 Å². The number of hydrazone groups is 1. The summed E-state index contributed by atoms with van der Waals surface area (Å²) in [5.74, 6) is -0.159. The van der Waals surface area contributed by atoms with Gasteiger partial charge in [0.15, 0.2) is 0 Å². The Morgan fingerprint density at radius 3 is 2.69 bits per heavy atom. The van der Waals surface area contributed by atoms with E-state index in [1.807, 2.05) is 55.6 Å². The molecule has 0 spiro atoms. The zero-order chi connectivity index (χ0) is 19.8. The summed E-state index contributed by atoms with van der Waals surface area (Å²) in [4.78, 5) is 19.2. The van der Waals surface area contributed by atoms with Crippen LogP contribution in [-0.2, 0) is 4.79 Å². The Labute approximate surface area is 167 Å². The Kier molecular flexibility index (Phi) is 4.38. The molecule has 1 saturated heterocycles. The number of hydrazine groups is 1. The minimum Gasteiger partial charge on any atom is -0.361 e. The van der Waals surface area contributed by atoms with Crippen LogP contribution in [-0.4, -0.2) is 28.1 Å². The van der Waals surface area contributed by atoms with Gasteiger partial charge in [-0.05, 0) is 31.0 Å². The highest BCUT2D eigenvalue weighted by Gasteiger charge is 2.31. The lowest BCUT2D eigenvalue weighted by atomic mass is 10.0. The fourth-order valence-electron chi connectivity index (χ4n) is 4.02. The number of nitrogens with one attached hydrogen (secondary N) is 5. The first-order valence-electron chi connectivity index (χ1n) is 9.68. The lowest BCUT2D eigenvalue weighted by Crippen LogP contribution is -2.41. The van der Waals surface area contributed by atoms with Gasteiger partial charge in [0.05, 0.1) is 12.3 Å². The highest BCUT2D eigenvalue weighted by atomic mass is 16.2. The van der Waals surface area contributed by atoms with Crippen LogP contribution in [0.15, 0.2) is 59.8 Å². The van der Waals surface area contributed by atoms with E-state index in [0.717, 1.165) is 33.2 Å². The quantitative estimate of drug-likeness (QED) is 0.275. The molecule has 2 atom stereocenters. The summed E-state index contributed by atoms with van der Waals surface area (Å²) < 4.78 is 0. The lowest BCUT2D eigenvalue weighted by Gasteiger charge is -2.08. The smallest absolute Gasteiger partial charge is 0.258 e. The molecule has 3 heterocycles. The van der Waals surface area contributed by atoms with Crippen molar-refractivity contribution in [3.05, 3.63) is 71.5 Å². The van der Waals surface area contributed by atoms with Crippen molar-refractivity contribution in [1.29, 1.82) is 0 Å². The van der Waals surface area contributed by atoms with Gasteiger partial charge >= 0.3 is 0 Å². The predicted octanol–water partition coefficient (Wildman–Crippen LogP) is 3.02. The summed E-state index contributed by atoms with van der Waals surface area (Å²) in [6.07, 6.45) is 4.35. The molecule has 1 aliphatic rings. The van der Waals surface area contributed by atoms with Crippen LogP contribution in [0.4, 0.5) is 0 Å². The number of para-hydroxylation sites is 2. The second-order valence-electron chi connectivity index (χ2n) is 7.36. The number of carbonyl (C=O) groups is 1. The Balaban J connectivity index is 1.26. The van der Waals surface area contributed by atoms with E-state index in [2.05, 4.69) is 37.4 Å². The monoisotopic (exact) mass is 386 g/mol. The van der Waals surface area contributed by atoms with Crippen molar-refractivity contribution in [3.8, 4) is 0 Å². The van der Waals surface area contributed by atoms with Crippen molar-refractivity contribution < 1.29 is 4.79 Å². The maximum atomic E-state index is 12.6. The molecular weight excluding hydrogens is 364 g/mol. The molecule has 7 nitrogen and oxygen atoms in total. The summed E-state index contributed by atoms with van der Waals surface area (Å²) in [5, 5.41) is 6.44. The molecule has 5 N–H and O–H groups in total. The summed E-state index contributed by atoms with van der Waals surface area (Å²) in [6.45, 7) is 2.00. The molecule has 2 unspecified atom stereocenters. The van der Waals surface area contributed by atoms with Gasteiger partial charge in [-0.25, -0.2) is 16.3 Å². The van der Waals surface area contributed by atoms with Gasteiger partial charge in [-0.2, -0.15) is 5.10 Å². The van der Waals surface area contributed by atoms with Crippen molar-refractivity contribution in [2.24, 2.45) is 5.10 Å². The molecule has 5 rings (SSSR count). The molecule has 4 aromatic rings. The highest BCUT2D eigenvalue weighted by molar-refractivity contribution is 6.01. The number of hydrogen-bond donors (Lipinski definition) is 5. The molecule has 0 bridgehead atoms. The Morgan fingerprint density at radius 2 is 1.83 bits per heavy atom. The van der Waals surface area contributed by atoms with Crippen LogP contribution in [0.3, 0.4) is 0 Å². The minimum atomic E-state index is -0.352. The van der Waals surface area contributed by atoms with Crippen LogP contribution in [0, 0.1) is 6.92 Å². The normalized spacial score (nSPS) is 19.5. The standard InChI is InChI=1S/C22H22N6O/c1-13-16(14-6-3-5-9-19(14)25-13)12-24-28-22(29)21-10-20(26-27-21)17-11-23-18-8-4-2-7-15(17)18/h2-9,11-12,20-21,23,25-27H,10H2,1H3,(H,28,29)/b24-12+. The van der Waals surface area contributed by atoms with Gasteiger partial charge in [-0.1, -0.05) is 36.4 Å². The largest absolute Gasteiger partial charge is 0.361 e. The van der Waals surface area contributed by atoms with Crippen LogP contribution in [0.25, 0.3) is 21.8 Å². The maximum Gasteiger partial charge on any atom is 0.258 e. The van der Waals surface area contributed by atoms with Crippen molar-refractivity contribution in [2.75, 3.05) is 0 Å². The molecule has 1 amide bonds. The number of carbonyl (C=O) groups excluding carboxylic acids is 1. The predicted molar refractivity (Wildman–Crippen MR) is 114 cm³/mol. The lowest BCUT2D eigenvalue weighted by molar-refractivity contribution is -0.122. The average molecular weight is 386 g/mol. The number of amides is 1. The zero-order valence-corrected chi connectivity index (χ0v) is 16.0. The van der Waals surface area contributed by atoms with Gasteiger partial charge in [-0.15, -0.1) is 0 Å². The van der Waals surface area contributed by atoms with E-state index in [1.54, 1.807) is 6.21 Å². The highest BCUT2D eigenvalue weighted by Crippen LogP contribution is 2.29. The van der Waals surface area contributed by atoms with Gasteiger partial charge in [0.1, 0.15) is 6.04 Å². The summed E-state index contributed by atoms with van der Waals surface area (Å²) in [6, 6.07) is 15.9. The number of nitrogens with zero attached hydrogens (tertiary/aromatic N) is 1. The average Bonchev–Trinajstić information content (AvgIpc) is 3.45. The second-order valence-corrected chi connectivity index (χ2v) is 7.36. The van der Waals surface area contributed by atoms with Crippen molar-refractivity contribution in [1.82, 2.24) is 26.2 Å². The molecule has 1 aliphatic heterocycles.